The minimum Gasteiger partial charge on any atom is -0.356 e. The first kappa shape index (κ1) is 20.9. The Hall–Kier alpha value is -1.40. The predicted octanol–water partition coefficient (Wildman–Crippen LogP) is 3.33. The molecule has 3 heterocycles. The van der Waals surface area contributed by atoms with Gasteiger partial charge in [0.25, 0.3) is 5.91 Å². The molecule has 6 heteroatoms. The maximum atomic E-state index is 12.7. The molecule has 1 aliphatic carbocycles. The van der Waals surface area contributed by atoms with E-state index in [1.54, 1.807) is 11.3 Å². The van der Waals surface area contributed by atoms with Gasteiger partial charge in [-0.05, 0) is 88.5 Å². The maximum Gasteiger partial charge on any atom is 0.263 e. The van der Waals surface area contributed by atoms with Crippen molar-refractivity contribution in [2.24, 2.45) is 11.8 Å². The number of hydrogen-bond acceptors (Lipinski definition) is 4. The van der Waals surface area contributed by atoms with Crippen LogP contribution in [0, 0.1) is 11.8 Å². The Kier molecular flexibility index (Phi) is 6.91. The largest absolute Gasteiger partial charge is 0.356 e. The van der Waals surface area contributed by atoms with Crippen LogP contribution in [0.1, 0.15) is 65.6 Å². The fourth-order valence-electron chi connectivity index (χ4n) is 5.06. The lowest BCUT2D eigenvalue weighted by Gasteiger charge is -2.31. The molecule has 2 amide bonds. The zero-order chi connectivity index (χ0) is 20.2. The Balaban J connectivity index is 1.24. The molecule has 1 N–H and O–H groups in total. The number of aryl methyl sites for hydroxylation is 1. The molecule has 2 aliphatic heterocycles. The molecule has 0 saturated carbocycles. The fraction of sp³-hybridized carbons (Fsp3) is 0.739. The summed E-state index contributed by atoms with van der Waals surface area (Å²) in [6.45, 7) is 8.39. The van der Waals surface area contributed by atoms with Gasteiger partial charge in [-0.25, -0.2) is 0 Å². The smallest absolute Gasteiger partial charge is 0.263 e. The lowest BCUT2D eigenvalue weighted by Crippen LogP contribution is -2.37. The fourth-order valence-corrected chi connectivity index (χ4v) is 6.24. The van der Waals surface area contributed by atoms with Gasteiger partial charge in [-0.1, -0.05) is 6.92 Å². The average Bonchev–Trinajstić information content (AvgIpc) is 3.43. The number of carbonyl (C=O) groups is 2. The molecule has 3 aliphatic rings. The summed E-state index contributed by atoms with van der Waals surface area (Å²) in [5, 5.41) is 3.21. The number of fused-ring (bicyclic) bond motifs is 1. The topological polar surface area (TPSA) is 52.7 Å². The van der Waals surface area contributed by atoms with Crippen molar-refractivity contribution in [1.29, 1.82) is 0 Å². The van der Waals surface area contributed by atoms with Gasteiger partial charge in [0, 0.05) is 30.4 Å². The van der Waals surface area contributed by atoms with Gasteiger partial charge in [-0.2, -0.15) is 0 Å². The molecule has 1 aromatic heterocycles. The zero-order valence-electron chi connectivity index (χ0n) is 17.8. The molecule has 1 aromatic rings. The molecule has 0 aromatic carbocycles. The molecule has 1 atom stereocenters. The van der Waals surface area contributed by atoms with Crippen LogP contribution in [0.15, 0.2) is 6.07 Å². The summed E-state index contributed by atoms with van der Waals surface area (Å²) in [5.74, 6) is 1.22. The van der Waals surface area contributed by atoms with Crippen molar-refractivity contribution in [3.05, 3.63) is 21.4 Å². The van der Waals surface area contributed by atoms with Gasteiger partial charge >= 0.3 is 0 Å². The Morgan fingerprint density at radius 2 is 1.90 bits per heavy atom. The molecule has 0 bridgehead atoms. The van der Waals surface area contributed by atoms with Crippen molar-refractivity contribution >= 4 is 23.2 Å². The van der Waals surface area contributed by atoms with Crippen LogP contribution in [0.3, 0.4) is 0 Å². The summed E-state index contributed by atoms with van der Waals surface area (Å²) < 4.78 is 0. The van der Waals surface area contributed by atoms with Crippen molar-refractivity contribution < 1.29 is 9.59 Å². The predicted molar refractivity (Wildman–Crippen MR) is 117 cm³/mol. The number of amides is 2. The second-order valence-electron chi connectivity index (χ2n) is 8.96. The third-order valence-corrected chi connectivity index (χ3v) is 8.29. The van der Waals surface area contributed by atoms with Crippen LogP contribution in [0.4, 0.5) is 0 Å². The van der Waals surface area contributed by atoms with Crippen molar-refractivity contribution in [2.75, 3.05) is 39.3 Å². The first-order chi connectivity index (χ1) is 14.1. The number of thiophene rings is 1. The van der Waals surface area contributed by atoms with Gasteiger partial charge in [-0.3, -0.25) is 9.59 Å². The summed E-state index contributed by atoms with van der Waals surface area (Å²) in [6.07, 6.45) is 8.51. The molecule has 1 unspecified atom stereocenters. The van der Waals surface area contributed by atoms with E-state index in [1.165, 1.54) is 36.4 Å². The number of nitrogens with one attached hydrogen (secondary N) is 1. The molecule has 160 valence electrons. The minimum absolute atomic E-state index is 0.0637. The Morgan fingerprint density at radius 3 is 2.62 bits per heavy atom. The van der Waals surface area contributed by atoms with Crippen molar-refractivity contribution in [3.8, 4) is 0 Å². The highest BCUT2D eigenvalue weighted by molar-refractivity contribution is 7.14. The second kappa shape index (κ2) is 9.61. The van der Waals surface area contributed by atoms with Crippen LogP contribution in [-0.4, -0.2) is 60.9 Å². The highest BCUT2D eigenvalue weighted by Crippen LogP contribution is 2.33. The number of likely N-dealkylation sites (tertiary alicyclic amines) is 2. The van der Waals surface area contributed by atoms with Crippen LogP contribution in [0.25, 0.3) is 0 Å². The van der Waals surface area contributed by atoms with Crippen LogP contribution in [0.2, 0.25) is 0 Å². The van der Waals surface area contributed by atoms with Crippen molar-refractivity contribution in [3.63, 3.8) is 0 Å². The van der Waals surface area contributed by atoms with E-state index in [0.29, 0.717) is 0 Å². The van der Waals surface area contributed by atoms with Gasteiger partial charge in [-0.15, -0.1) is 11.3 Å². The summed E-state index contributed by atoms with van der Waals surface area (Å²) in [7, 11) is 0. The van der Waals surface area contributed by atoms with Gasteiger partial charge in [0.2, 0.25) is 5.91 Å². The SMILES string of the molecule is CCN1CCC(CCNC(=O)C2CCc3sc(C(=O)N4CCCC4)cc3C2)CC1. The number of rotatable bonds is 6. The minimum atomic E-state index is 0.0637. The zero-order valence-corrected chi connectivity index (χ0v) is 18.6. The first-order valence-electron chi connectivity index (χ1n) is 11.5. The number of hydrogen-bond donors (Lipinski definition) is 1. The molecule has 29 heavy (non-hydrogen) atoms. The van der Waals surface area contributed by atoms with E-state index in [1.807, 2.05) is 4.90 Å². The van der Waals surface area contributed by atoms with Crippen LogP contribution < -0.4 is 5.32 Å². The highest BCUT2D eigenvalue weighted by Gasteiger charge is 2.29. The third kappa shape index (κ3) is 5.02. The van der Waals surface area contributed by atoms with E-state index in [-0.39, 0.29) is 17.7 Å². The van der Waals surface area contributed by atoms with Gasteiger partial charge in [0.15, 0.2) is 0 Å². The summed E-state index contributed by atoms with van der Waals surface area (Å²) in [6, 6.07) is 2.07. The standard InChI is InChI=1S/C23H35N3O2S/c1-2-25-13-8-17(9-14-25)7-10-24-22(27)18-5-6-20-19(15-18)16-21(29-20)23(28)26-11-3-4-12-26/h16-18H,2-15H2,1H3,(H,24,27). The molecule has 5 nitrogen and oxygen atoms in total. The van der Waals surface area contributed by atoms with Crippen LogP contribution in [-0.2, 0) is 17.6 Å². The molecule has 2 saturated heterocycles. The summed E-state index contributed by atoms with van der Waals surface area (Å²) >= 11 is 1.66. The first-order valence-corrected chi connectivity index (χ1v) is 12.4. The van der Waals surface area contributed by atoms with E-state index < -0.39 is 0 Å². The lowest BCUT2D eigenvalue weighted by atomic mass is 9.87. The van der Waals surface area contributed by atoms with Gasteiger partial charge < -0.3 is 15.1 Å². The van der Waals surface area contributed by atoms with Crippen LogP contribution >= 0.6 is 11.3 Å². The number of nitrogens with zero attached hydrogens (tertiary/aromatic N) is 2. The van der Waals surface area contributed by atoms with E-state index in [2.05, 4.69) is 23.2 Å². The third-order valence-electron chi connectivity index (χ3n) is 7.06. The van der Waals surface area contributed by atoms with E-state index in [9.17, 15) is 9.59 Å². The number of piperidine rings is 1. The molecular formula is C23H35N3O2S. The van der Waals surface area contributed by atoms with E-state index in [4.69, 9.17) is 0 Å². The quantitative estimate of drug-likeness (QED) is 0.772. The molecule has 2 fully saturated rings. The van der Waals surface area contributed by atoms with Gasteiger partial charge in [0.05, 0.1) is 4.88 Å². The maximum absolute atomic E-state index is 12.7. The molecular weight excluding hydrogens is 382 g/mol. The second-order valence-corrected chi connectivity index (χ2v) is 10.1. The molecule has 0 radical (unpaired) electrons. The normalized spacial score (nSPS) is 23.2. The van der Waals surface area contributed by atoms with E-state index >= 15 is 0 Å². The average molecular weight is 418 g/mol. The Morgan fingerprint density at radius 1 is 1.14 bits per heavy atom. The van der Waals surface area contributed by atoms with E-state index in [0.717, 1.165) is 75.5 Å². The Bertz CT molecular complexity index is 718. The van der Waals surface area contributed by atoms with Crippen molar-refractivity contribution in [2.45, 2.75) is 58.3 Å². The van der Waals surface area contributed by atoms with Gasteiger partial charge in [0.1, 0.15) is 0 Å². The molecule has 4 rings (SSSR count). The van der Waals surface area contributed by atoms with Crippen molar-refractivity contribution in [1.82, 2.24) is 15.1 Å². The monoisotopic (exact) mass is 417 g/mol. The lowest BCUT2D eigenvalue weighted by molar-refractivity contribution is -0.125. The summed E-state index contributed by atoms with van der Waals surface area (Å²) in [5.41, 5.74) is 1.23. The molecule has 0 spiro atoms. The highest BCUT2D eigenvalue weighted by atomic mass is 32.1. The summed E-state index contributed by atoms with van der Waals surface area (Å²) in [4.78, 5) is 32.1. The number of carbonyl (C=O) groups excluding carboxylic acids is 2. The van der Waals surface area contributed by atoms with Crippen LogP contribution in [0.5, 0.6) is 0 Å². The Labute approximate surface area is 178 Å².